The molecule has 0 aromatic carbocycles. The quantitative estimate of drug-likeness (QED) is 0.850. The number of ketones is 1. The topological polar surface area (TPSA) is 59.3 Å². The van der Waals surface area contributed by atoms with Gasteiger partial charge in [0.1, 0.15) is 10.2 Å². The standard InChI is InChI=1S/C10H10BrNO3/c1-12-5-3-2-4-6(13)7(5)8(9(12)11)10(14)15/h2-4H2,1H3,(H,14,15). The Morgan fingerprint density at radius 1 is 1.47 bits per heavy atom. The van der Waals surface area contributed by atoms with E-state index in [9.17, 15) is 9.59 Å². The number of carboxylic acid groups (broad SMARTS) is 1. The Labute approximate surface area is 95.0 Å². The molecule has 1 N–H and O–H groups in total. The molecule has 0 atom stereocenters. The van der Waals surface area contributed by atoms with Gasteiger partial charge < -0.3 is 9.67 Å². The zero-order valence-electron chi connectivity index (χ0n) is 8.21. The lowest BCUT2D eigenvalue weighted by molar-refractivity contribution is 0.0690. The van der Waals surface area contributed by atoms with Gasteiger partial charge in [0.25, 0.3) is 0 Å². The first-order valence-electron chi connectivity index (χ1n) is 4.67. The molecule has 0 aliphatic heterocycles. The number of hydrogen-bond donors (Lipinski definition) is 1. The second-order valence-corrected chi connectivity index (χ2v) is 4.38. The summed E-state index contributed by atoms with van der Waals surface area (Å²) in [6, 6.07) is 0. The molecule has 15 heavy (non-hydrogen) atoms. The number of fused-ring (bicyclic) bond motifs is 1. The maximum Gasteiger partial charge on any atom is 0.339 e. The van der Waals surface area contributed by atoms with E-state index in [1.54, 1.807) is 11.6 Å². The normalized spacial score (nSPS) is 15.2. The molecule has 0 unspecified atom stereocenters. The number of carboxylic acids is 1. The van der Waals surface area contributed by atoms with Crippen LogP contribution >= 0.6 is 15.9 Å². The molecule has 1 aromatic rings. The summed E-state index contributed by atoms with van der Waals surface area (Å²) in [6.45, 7) is 0. The second-order valence-electron chi connectivity index (χ2n) is 3.63. The van der Waals surface area contributed by atoms with Crippen molar-refractivity contribution in [2.75, 3.05) is 0 Å². The number of carbonyl (C=O) groups excluding carboxylic acids is 1. The zero-order chi connectivity index (χ0) is 11.2. The Morgan fingerprint density at radius 2 is 2.13 bits per heavy atom. The maximum atomic E-state index is 11.7. The van der Waals surface area contributed by atoms with Crippen LogP contribution in [-0.2, 0) is 13.5 Å². The van der Waals surface area contributed by atoms with Crippen molar-refractivity contribution >= 4 is 27.7 Å². The van der Waals surface area contributed by atoms with E-state index in [0.717, 1.165) is 18.5 Å². The van der Waals surface area contributed by atoms with E-state index in [-0.39, 0.29) is 11.3 Å². The summed E-state index contributed by atoms with van der Waals surface area (Å²) in [5, 5.41) is 9.06. The fraction of sp³-hybridized carbons (Fsp3) is 0.400. The van der Waals surface area contributed by atoms with Crippen molar-refractivity contribution in [2.45, 2.75) is 19.3 Å². The molecule has 80 valence electrons. The molecule has 1 aliphatic carbocycles. The number of aromatic carboxylic acids is 1. The van der Waals surface area contributed by atoms with Gasteiger partial charge in [0.05, 0.1) is 5.56 Å². The Morgan fingerprint density at radius 3 is 2.73 bits per heavy atom. The van der Waals surface area contributed by atoms with Gasteiger partial charge in [0.15, 0.2) is 5.78 Å². The number of halogens is 1. The molecule has 4 nitrogen and oxygen atoms in total. The van der Waals surface area contributed by atoms with Gasteiger partial charge in [-0.15, -0.1) is 0 Å². The van der Waals surface area contributed by atoms with Crippen LogP contribution in [0.2, 0.25) is 0 Å². The van der Waals surface area contributed by atoms with E-state index >= 15 is 0 Å². The molecule has 1 aromatic heterocycles. The Bertz CT molecular complexity index is 462. The summed E-state index contributed by atoms with van der Waals surface area (Å²) >= 11 is 3.22. The highest BCUT2D eigenvalue weighted by Gasteiger charge is 2.30. The van der Waals surface area contributed by atoms with E-state index in [2.05, 4.69) is 15.9 Å². The molecule has 1 aliphatic rings. The van der Waals surface area contributed by atoms with Crippen molar-refractivity contribution in [1.82, 2.24) is 4.57 Å². The largest absolute Gasteiger partial charge is 0.478 e. The van der Waals surface area contributed by atoms with Gasteiger partial charge >= 0.3 is 5.97 Å². The van der Waals surface area contributed by atoms with Crippen LogP contribution in [0, 0.1) is 0 Å². The van der Waals surface area contributed by atoms with Crippen LogP contribution < -0.4 is 0 Å². The Balaban J connectivity index is 2.75. The van der Waals surface area contributed by atoms with Crippen LogP contribution in [0.1, 0.15) is 39.3 Å². The highest BCUT2D eigenvalue weighted by molar-refractivity contribution is 9.10. The molecule has 0 amide bonds. The zero-order valence-corrected chi connectivity index (χ0v) is 9.80. The summed E-state index contributed by atoms with van der Waals surface area (Å²) in [5.41, 5.74) is 1.33. The Hall–Kier alpha value is -1.10. The molecule has 0 fully saturated rings. The molecule has 1 heterocycles. The molecule has 0 radical (unpaired) electrons. The molecular formula is C10H10BrNO3. The van der Waals surface area contributed by atoms with Gasteiger partial charge in [-0.05, 0) is 28.8 Å². The van der Waals surface area contributed by atoms with Crippen LogP contribution in [0.25, 0.3) is 0 Å². The molecule has 2 rings (SSSR count). The van der Waals surface area contributed by atoms with Gasteiger partial charge in [-0.3, -0.25) is 4.79 Å². The lowest BCUT2D eigenvalue weighted by Gasteiger charge is -2.12. The van der Waals surface area contributed by atoms with E-state index in [1.807, 2.05) is 0 Å². The van der Waals surface area contributed by atoms with Gasteiger partial charge in [-0.25, -0.2) is 4.79 Å². The van der Waals surface area contributed by atoms with E-state index in [4.69, 9.17) is 5.11 Å². The molecule has 5 heteroatoms. The highest BCUT2D eigenvalue weighted by Crippen LogP contribution is 2.32. The third-order valence-electron chi connectivity index (χ3n) is 2.75. The van der Waals surface area contributed by atoms with E-state index < -0.39 is 5.97 Å². The van der Waals surface area contributed by atoms with Gasteiger partial charge in [0.2, 0.25) is 0 Å². The molecule has 0 saturated heterocycles. The Kier molecular flexibility index (Phi) is 2.42. The van der Waals surface area contributed by atoms with Crippen LogP contribution in [0.3, 0.4) is 0 Å². The first kappa shape index (κ1) is 10.4. The average Bonchev–Trinajstić information content (AvgIpc) is 2.43. The minimum absolute atomic E-state index is 0.0602. The number of rotatable bonds is 1. The maximum absolute atomic E-state index is 11.7. The van der Waals surface area contributed by atoms with E-state index in [1.165, 1.54) is 0 Å². The van der Waals surface area contributed by atoms with Crippen molar-refractivity contribution in [3.05, 3.63) is 21.4 Å². The summed E-state index contributed by atoms with van der Waals surface area (Å²) in [7, 11) is 1.77. The highest BCUT2D eigenvalue weighted by atomic mass is 79.9. The smallest absolute Gasteiger partial charge is 0.339 e. The van der Waals surface area contributed by atoms with Crippen molar-refractivity contribution < 1.29 is 14.7 Å². The van der Waals surface area contributed by atoms with Crippen molar-refractivity contribution in [3.63, 3.8) is 0 Å². The SMILES string of the molecule is Cn1c(Br)c(C(=O)O)c2c1CCCC2=O. The summed E-state index contributed by atoms with van der Waals surface area (Å²) in [5.74, 6) is -1.11. The van der Waals surface area contributed by atoms with Gasteiger partial charge in [-0.2, -0.15) is 0 Å². The van der Waals surface area contributed by atoms with Gasteiger partial charge in [-0.1, -0.05) is 0 Å². The third-order valence-corrected chi connectivity index (χ3v) is 3.68. The van der Waals surface area contributed by atoms with Crippen LogP contribution in [0.15, 0.2) is 4.60 Å². The fourth-order valence-corrected chi connectivity index (χ4v) is 2.61. The lowest BCUT2D eigenvalue weighted by atomic mass is 9.94. The number of hydrogen-bond acceptors (Lipinski definition) is 2. The predicted molar refractivity (Wildman–Crippen MR) is 57.3 cm³/mol. The minimum atomic E-state index is -1.05. The fourth-order valence-electron chi connectivity index (χ4n) is 2.03. The van der Waals surface area contributed by atoms with Crippen LogP contribution in [0.4, 0.5) is 0 Å². The van der Waals surface area contributed by atoms with Crippen molar-refractivity contribution in [2.24, 2.45) is 7.05 Å². The first-order chi connectivity index (χ1) is 7.04. The summed E-state index contributed by atoms with van der Waals surface area (Å²) in [4.78, 5) is 22.7. The molecule has 0 spiro atoms. The second kappa shape index (κ2) is 3.48. The number of Topliss-reactive ketones (excluding diaryl/α,β-unsaturated/α-hetero) is 1. The van der Waals surface area contributed by atoms with Crippen LogP contribution in [-0.4, -0.2) is 21.4 Å². The number of nitrogens with zero attached hydrogens (tertiary/aromatic N) is 1. The summed E-state index contributed by atoms with van der Waals surface area (Å²) in [6.07, 6.45) is 2.02. The monoisotopic (exact) mass is 271 g/mol. The molecule has 0 saturated carbocycles. The minimum Gasteiger partial charge on any atom is -0.478 e. The average molecular weight is 272 g/mol. The molecular weight excluding hydrogens is 262 g/mol. The van der Waals surface area contributed by atoms with Crippen molar-refractivity contribution in [3.8, 4) is 0 Å². The third kappa shape index (κ3) is 1.42. The first-order valence-corrected chi connectivity index (χ1v) is 5.47. The predicted octanol–water partition coefficient (Wildman–Crippen LogP) is 2.00. The number of carbonyl (C=O) groups is 2. The van der Waals surface area contributed by atoms with Gasteiger partial charge in [0, 0.05) is 19.2 Å². The van der Waals surface area contributed by atoms with Crippen molar-refractivity contribution in [1.29, 1.82) is 0 Å². The van der Waals surface area contributed by atoms with Crippen LogP contribution in [0.5, 0.6) is 0 Å². The lowest BCUT2D eigenvalue weighted by Crippen LogP contribution is -2.14. The van der Waals surface area contributed by atoms with E-state index in [0.29, 0.717) is 16.6 Å². The molecule has 0 bridgehead atoms. The number of aromatic nitrogens is 1. The summed E-state index contributed by atoms with van der Waals surface area (Å²) < 4.78 is 2.23.